The van der Waals surface area contributed by atoms with Crippen LogP contribution in [-0.2, 0) is 11.2 Å². The van der Waals surface area contributed by atoms with Crippen LogP contribution in [0.5, 0.6) is 0 Å². The highest BCUT2D eigenvalue weighted by Crippen LogP contribution is 2.15. The summed E-state index contributed by atoms with van der Waals surface area (Å²) >= 11 is 0. The molecule has 2 aromatic rings. The van der Waals surface area contributed by atoms with Crippen LogP contribution in [0.1, 0.15) is 5.56 Å². The number of carbonyl (C=O) groups is 1. The van der Waals surface area contributed by atoms with Gasteiger partial charge in [-0.15, -0.1) is 0 Å². The maximum absolute atomic E-state index is 11.8. The summed E-state index contributed by atoms with van der Waals surface area (Å²) in [5, 5.41) is 3.75. The molecule has 5 heteroatoms. The molecule has 4 nitrogen and oxygen atoms in total. The molecule has 0 atom stereocenters. The molecule has 2 heterocycles. The smallest absolute Gasteiger partial charge is 0.243 e. The first-order valence-electron chi connectivity index (χ1n) is 5.72. The topological polar surface area (TPSA) is 57.8 Å². The molecule has 0 aromatic carbocycles. The predicted molar refractivity (Wildman–Crippen MR) is 67.9 cm³/mol. The van der Waals surface area contributed by atoms with Crippen molar-refractivity contribution < 1.29 is 9.18 Å². The van der Waals surface area contributed by atoms with Gasteiger partial charge < -0.3 is 10.3 Å². The standard InChI is InChI=1S/C13H14FN3O/c14-6-1-4-12(18)15-8-5-10-9-17-13-11(10)3-2-7-16-13/h1-4,7,9H,5-6,8H2,(H,15,18)(H,16,17)/b4-1+. The summed E-state index contributed by atoms with van der Waals surface area (Å²) < 4.78 is 11.8. The molecular formula is C13H14FN3O. The van der Waals surface area contributed by atoms with Crippen LogP contribution in [0.3, 0.4) is 0 Å². The highest BCUT2D eigenvalue weighted by Gasteiger charge is 2.03. The number of nitrogens with one attached hydrogen (secondary N) is 2. The number of fused-ring (bicyclic) bond motifs is 1. The first-order chi connectivity index (χ1) is 8.81. The first kappa shape index (κ1) is 12.3. The zero-order valence-electron chi connectivity index (χ0n) is 9.82. The van der Waals surface area contributed by atoms with Gasteiger partial charge in [-0.1, -0.05) is 0 Å². The minimum atomic E-state index is -0.623. The van der Waals surface area contributed by atoms with Gasteiger partial charge in [-0.3, -0.25) is 4.79 Å². The molecular weight excluding hydrogens is 233 g/mol. The average Bonchev–Trinajstić information content (AvgIpc) is 2.80. The summed E-state index contributed by atoms with van der Waals surface area (Å²) in [6.07, 6.45) is 6.72. The number of nitrogens with zero attached hydrogens (tertiary/aromatic N) is 1. The zero-order valence-corrected chi connectivity index (χ0v) is 9.82. The Balaban J connectivity index is 1.91. The van der Waals surface area contributed by atoms with E-state index in [4.69, 9.17) is 0 Å². The molecule has 0 spiro atoms. The van der Waals surface area contributed by atoms with E-state index < -0.39 is 6.67 Å². The Bertz CT molecular complexity index is 562. The molecule has 94 valence electrons. The number of halogens is 1. The quantitative estimate of drug-likeness (QED) is 0.791. The molecule has 0 radical (unpaired) electrons. The first-order valence-corrected chi connectivity index (χ1v) is 5.72. The second kappa shape index (κ2) is 5.95. The Labute approximate surface area is 104 Å². The molecule has 0 aliphatic rings. The van der Waals surface area contributed by atoms with E-state index in [2.05, 4.69) is 15.3 Å². The Kier molecular flexibility index (Phi) is 4.06. The molecule has 0 aliphatic carbocycles. The second-order valence-electron chi connectivity index (χ2n) is 3.81. The molecule has 0 fully saturated rings. The summed E-state index contributed by atoms with van der Waals surface area (Å²) in [7, 11) is 0. The van der Waals surface area contributed by atoms with Crippen LogP contribution in [0.15, 0.2) is 36.7 Å². The fourth-order valence-corrected chi connectivity index (χ4v) is 1.75. The summed E-state index contributed by atoms with van der Waals surface area (Å²) in [5.74, 6) is -0.273. The van der Waals surface area contributed by atoms with E-state index in [0.29, 0.717) is 13.0 Å². The minimum absolute atomic E-state index is 0.273. The van der Waals surface area contributed by atoms with E-state index in [0.717, 1.165) is 16.6 Å². The van der Waals surface area contributed by atoms with E-state index in [1.807, 2.05) is 18.3 Å². The Hall–Kier alpha value is -2.17. The number of pyridine rings is 1. The largest absolute Gasteiger partial charge is 0.352 e. The van der Waals surface area contributed by atoms with Gasteiger partial charge >= 0.3 is 0 Å². The average molecular weight is 247 g/mol. The fraction of sp³-hybridized carbons (Fsp3) is 0.231. The van der Waals surface area contributed by atoms with Crippen LogP contribution in [0.25, 0.3) is 11.0 Å². The van der Waals surface area contributed by atoms with Crippen molar-refractivity contribution in [3.8, 4) is 0 Å². The van der Waals surface area contributed by atoms with Gasteiger partial charge in [0, 0.05) is 30.4 Å². The van der Waals surface area contributed by atoms with Gasteiger partial charge in [0.05, 0.1) is 0 Å². The number of allylic oxidation sites excluding steroid dienone is 1. The molecule has 18 heavy (non-hydrogen) atoms. The third-order valence-electron chi connectivity index (χ3n) is 2.59. The number of aromatic amines is 1. The Morgan fingerprint density at radius 3 is 3.28 bits per heavy atom. The molecule has 0 saturated heterocycles. The van der Waals surface area contributed by atoms with Crippen molar-refractivity contribution in [1.82, 2.24) is 15.3 Å². The number of aromatic nitrogens is 2. The third kappa shape index (κ3) is 2.94. The fourth-order valence-electron chi connectivity index (χ4n) is 1.75. The van der Waals surface area contributed by atoms with Crippen molar-refractivity contribution in [3.63, 3.8) is 0 Å². The Morgan fingerprint density at radius 1 is 1.56 bits per heavy atom. The van der Waals surface area contributed by atoms with Gasteiger partial charge in [-0.05, 0) is 30.2 Å². The predicted octanol–water partition coefficient (Wildman–Crippen LogP) is 1.75. The maximum atomic E-state index is 11.8. The van der Waals surface area contributed by atoms with Gasteiger partial charge in [-0.25, -0.2) is 9.37 Å². The van der Waals surface area contributed by atoms with Gasteiger partial charge in [0.15, 0.2) is 0 Å². The van der Waals surface area contributed by atoms with Crippen LogP contribution in [0, 0.1) is 0 Å². The van der Waals surface area contributed by atoms with E-state index in [9.17, 15) is 9.18 Å². The summed E-state index contributed by atoms with van der Waals surface area (Å²) in [6.45, 7) is -0.112. The monoisotopic (exact) mass is 247 g/mol. The molecule has 0 unspecified atom stereocenters. The Morgan fingerprint density at radius 2 is 2.44 bits per heavy atom. The molecule has 0 aliphatic heterocycles. The van der Waals surface area contributed by atoms with E-state index in [1.54, 1.807) is 6.20 Å². The van der Waals surface area contributed by atoms with Crippen molar-refractivity contribution in [2.24, 2.45) is 0 Å². The molecule has 0 saturated carbocycles. The van der Waals surface area contributed by atoms with Crippen LogP contribution >= 0.6 is 0 Å². The van der Waals surface area contributed by atoms with Crippen molar-refractivity contribution in [1.29, 1.82) is 0 Å². The molecule has 2 N–H and O–H groups in total. The number of amides is 1. The lowest BCUT2D eigenvalue weighted by atomic mass is 10.1. The minimum Gasteiger partial charge on any atom is -0.352 e. The number of hydrogen-bond donors (Lipinski definition) is 2. The number of alkyl halides is 1. The van der Waals surface area contributed by atoms with Crippen LogP contribution in [0.2, 0.25) is 0 Å². The lowest BCUT2D eigenvalue weighted by Crippen LogP contribution is -2.23. The number of H-pyrrole nitrogens is 1. The summed E-state index contributed by atoms with van der Waals surface area (Å²) in [5.41, 5.74) is 1.95. The van der Waals surface area contributed by atoms with Crippen molar-refractivity contribution in [3.05, 3.63) is 42.2 Å². The molecule has 2 aromatic heterocycles. The van der Waals surface area contributed by atoms with E-state index >= 15 is 0 Å². The van der Waals surface area contributed by atoms with Gasteiger partial charge in [-0.2, -0.15) is 0 Å². The zero-order chi connectivity index (χ0) is 12.8. The van der Waals surface area contributed by atoms with Gasteiger partial charge in [0.25, 0.3) is 0 Å². The van der Waals surface area contributed by atoms with Crippen molar-refractivity contribution >= 4 is 16.9 Å². The molecule has 1 amide bonds. The normalized spacial score (nSPS) is 11.2. The highest BCUT2D eigenvalue weighted by molar-refractivity contribution is 5.87. The maximum Gasteiger partial charge on any atom is 0.243 e. The summed E-state index contributed by atoms with van der Waals surface area (Å²) in [4.78, 5) is 18.5. The number of carbonyl (C=O) groups excluding carboxylic acids is 1. The number of hydrogen-bond acceptors (Lipinski definition) is 2. The SMILES string of the molecule is O=C(/C=C/CF)NCCc1c[nH]c2ncccc12. The third-order valence-corrected chi connectivity index (χ3v) is 2.59. The lowest BCUT2D eigenvalue weighted by molar-refractivity contribution is -0.116. The molecule has 0 bridgehead atoms. The van der Waals surface area contributed by atoms with Crippen LogP contribution in [-0.4, -0.2) is 29.1 Å². The van der Waals surface area contributed by atoms with Crippen LogP contribution in [0.4, 0.5) is 4.39 Å². The van der Waals surface area contributed by atoms with Crippen LogP contribution < -0.4 is 5.32 Å². The van der Waals surface area contributed by atoms with Gasteiger partial charge in [0.1, 0.15) is 12.3 Å². The number of rotatable bonds is 5. The second-order valence-corrected chi connectivity index (χ2v) is 3.81. The van der Waals surface area contributed by atoms with Crippen molar-refractivity contribution in [2.75, 3.05) is 13.2 Å². The van der Waals surface area contributed by atoms with Crippen molar-refractivity contribution in [2.45, 2.75) is 6.42 Å². The molecule has 2 rings (SSSR count). The van der Waals surface area contributed by atoms with Gasteiger partial charge in [0.2, 0.25) is 5.91 Å². The lowest BCUT2D eigenvalue weighted by Gasteiger charge is -2.01. The summed E-state index contributed by atoms with van der Waals surface area (Å²) in [6, 6.07) is 3.86. The van der Waals surface area contributed by atoms with E-state index in [-0.39, 0.29) is 5.91 Å². The van der Waals surface area contributed by atoms with E-state index in [1.165, 1.54) is 12.2 Å². The highest BCUT2D eigenvalue weighted by atomic mass is 19.1.